The third-order valence-corrected chi connectivity index (χ3v) is 4.67. The molecule has 2 N–H and O–H groups in total. The van der Waals surface area contributed by atoms with Gasteiger partial charge in [0.2, 0.25) is 0 Å². The Balaban J connectivity index is 2.02. The highest BCUT2D eigenvalue weighted by Gasteiger charge is 2.10. The predicted octanol–water partition coefficient (Wildman–Crippen LogP) is 3.82. The molecule has 1 aromatic heterocycles. The van der Waals surface area contributed by atoms with Crippen LogP contribution in [0.1, 0.15) is 16.7 Å². The molecule has 0 aliphatic heterocycles. The van der Waals surface area contributed by atoms with Crippen LogP contribution < -0.4 is 10.6 Å². The maximum atomic E-state index is 12.2. The number of nitrogens with zero attached hydrogens (tertiary/aromatic N) is 1. The van der Waals surface area contributed by atoms with E-state index in [9.17, 15) is 4.79 Å². The maximum absolute atomic E-state index is 12.2. The third-order valence-electron chi connectivity index (χ3n) is 3.91. The van der Waals surface area contributed by atoms with Gasteiger partial charge in [-0.3, -0.25) is 9.36 Å². The number of anilines is 1. The Kier molecular flexibility index (Phi) is 3.86. The van der Waals surface area contributed by atoms with E-state index in [1.807, 2.05) is 34.2 Å². The van der Waals surface area contributed by atoms with Gasteiger partial charge < -0.3 is 5.73 Å². The van der Waals surface area contributed by atoms with Gasteiger partial charge >= 0.3 is 4.87 Å². The number of thiazole rings is 1. The quantitative estimate of drug-likeness (QED) is 0.748. The zero-order valence-electron chi connectivity index (χ0n) is 12.7. The number of nitrogens with two attached hydrogens (primary N) is 1. The fourth-order valence-corrected chi connectivity index (χ4v) is 3.18. The van der Waals surface area contributed by atoms with Gasteiger partial charge in [0.05, 0.1) is 12.2 Å². The van der Waals surface area contributed by atoms with Gasteiger partial charge in [0, 0.05) is 11.1 Å². The highest BCUT2D eigenvalue weighted by molar-refractivity contribution is 7.07. The molecule has 0 saturated carbocycles. The summed E-state index contributed by atoms with van der Waals surface area (Å²) in [6.45, 7) is 4.74. The predicted molar refractivity (Wildman–Crippen MR) is 93.4 cm³/mol. The van der Waals surface area contributed by atoms with Crippen LogP contribution in [0.25, 0.3) is 11.3 Å². The number of benzene rings is 2. The van der Waals surface area contributed by atoms with Crippen LogP contribution in [0.5, 0.6) is 0 Å². The number of nitrogen functional groups attached to an aromatic ring is 1. The van der Waals surface area contributed by atoms with Crippen LogP contribution in [0.3, 0.4) is 0 Å². The van der Waals surface area contributed by atoms with Crippen LogP contribution in [-0.4, -0.2) is 4.57 Å². The van der Waals surface area contributed by atoms with Crippen molar-refractivity contribution in [1.29, 1.82) is 0 Å². The van der Waals surface area contributed by atoms with Crippen LogP contribution in [0.4, 0.5) is 5.69 Å². The fraction of sp³-hybridized carbons (Fsp3) is 0.167. The second kappa shape index (κ2) is 5.81. The molecule has 0 atom stereocenters. The van der Waals surface area contributed by atoms with E-state index in [2.05, 4.69) is 32.0 Å². The molecule has 0 unspecified atom stereocenters. The zero-order valence-corrected chi connectivity index (χ0v) is 13.5. The topological polar surface area (TPSA) is 48.0 Å². The zero-order chi connectivity index (χ0) is 15.7. The molecule has 3 aromatic rings. The van der Waals surface area contributed by atoms with Crippen LogP contribution in [0, 0.1) is 13.8 Å². The Hall–Kier alpha value is -2.33. The van der Waals surface area contributed by atoms with Crippen molar-refractivity contribution in [3.63, 3.8) is 0 Å². The number of hydrogen-bond donors (Lipinski definition) is 1. The Labute approximate surface area is 133 Å². The van der Waals surface area contributed by atoms with Crippen LogP contribution in [0.15, 0.2) is 52.6 Å². The number of rotatable bonds is 3. The van der Waals surface area contributed by atoms with Crippen molar-refractivity contribution in [3.05, 3.63) is 74.2 Å². The summed E-state index contributed by atoms with van der Waals surface area (Å²) in [5.74, 6) is 0. The Morgan fingerprint density at radius 1 is 1.05 bits per heavy atom. The second-order valence-corrected chi connectivity index (χ2v) is 6.33. The summed E-state index contributed by atoms with van der Waals surface area (Å²) in [5.41, 5.74) is 12.1. The van der Waals surface area contributed by atoms with Crippen molar-refractivity contribution in [1.82, 2.24) is 4.57 Å². The van der Waals surface area contributed by atoms with Crippen molar-refractivity contribution in [3.8, 4) is 11.3 Å². The molecule has 22 heavy (non-hydrogen) atoms. The first kappa shape index (κ1) is 14.6. The van der Waals surface area contributed by atoms with Crippen molar-refractivity contribution >= 4 is 17.0 Å². The van der Waals surface area contributed by atoms with Gasteiger partial charge in [-0.1, -0.05) is 35.6 Å². The minimum Gasteiger partial charge on any atom is -0.399 e. The molecule has 0 saturated heterocycles. The summed E-state index contributed by atoms with van der Waals surface area (Å²) in [4.78, 5) is 12.3. The number of hydrogen-bond acceptors (Lipinski definition) is 3. The molecule has 4 heteroatoms. The van der Waals surface area contributed by atoms with Crippen molar-refractivity contribution in [2.75, 3.05) is 5.73 Å². The fourth-order valence-electron chi connectivity index (χ4n) is 2.41. The number of aromatic nitrogens is 1. The summed E-state index contributed by atoms with van der Waals surface area (Å²) >= 11 is 1.24. The summed E-state index contributed by atoms with van der Waals surface area (Å²) in [7, 11) is 0. The Morgan fingerprint density at radius 3 is 2.45 bits per heavy atom. The second-order valence-electron chi connectivity index (χ2n) is 5.51. The maximum Gasteiger partial charge on any atom is 0.307 e. The molecule has 0 spiro atoms. The molecule has 2 aromatic carbocycles. The van der Waals surface area contributed by atoms with Crippen LogP contribution in [0.2, 0.25) is 0 Å². The summed E-state index contributed by atoms with van der Waals surface area (Å²) in [6.07, 6.45) is 0. The standard InChI is InChI=1S/C18H18N2OS/c1-12-3-6-15(9-13(12)2)17-11-22-18(21)20(17)10-14-4-7-16(19)8-5-14/h3-9,11H,10,19H2,1-2H3. The van der Waals surface area contributed by atoms with Crippen molar-refractivity contribution < 1.29 is 0 Å². The summed E-state index contributed by atoms with van der Waals surface area (Å²) < 4.78 is 1.82. The van der Waals surface area contributed by atoms with Gasteiger partial charge in [0.25, 0.3) is 0 Å². The lowest BCUT2D eigenvalue weighted by Crippen LogP contribution is -2.15. The van der Waals surface area contributed by atoms with Gasteiger partial charge in [-0.2, -0.15) is 0 Å². The molecule has 0 bridgehead atoms. The van der Waals surface area contributed by atoms with E-state index in [0.29, 0.717) is 6.54 Å². The molecule has 0 aliphatic rings. The van der Waals surface area contributed by atoms with E-state index < -0.39 is 0 Å². The molecule has 3 rings (SSSR count). The number of aryl methyl sites for hydroxylation is 2. The smallest absolute Gasteiger partial charge is 0.307 e. The average Bonchev–Trinajstić information content (AvgIpc) is 2.86. The van der Waals surface area contributed by atoms with Crippen molar-refractivity contribution in [2.24, 2.45) is 0 Å². The van der Waals surface area contributed by atoms with Gasteiger partial charge in [-0.05, 0) is 54.3 Å². The lowest BCUT2D eigenvalue weighted by atomic mass is 10.0. The molecule has 0 fully saturated rings. The van der Waals surface area contributed by atoms with Gasteiger partial charge in [0.1, 0.15) is 0 Å². The monoisotopic (exact) mass is 310 g/mol. The minimum atomic E-state index is 0.0602. The van der Waals surface area contributed by atoms with Crippen LogP contribution in [-0.2, 0) is 6.54 Å². The molecule has 0 amide bonds. The lowest BCUT2D eigenvalue weighted by Gasteiger charge is -2.10. The van der Waals surface area contributed by atoms with E-state index in [1.54, 1.807) is 0 Å². The first-order valence-corrected chi connectivity index (χ1v) is 8.03. The van der Waals surface area contributed by atoms with E-state index in [1.165, 1.54) is 22.5 Å². The molecule has 0 aliphatic carbocycles. The van der Waals surface area contributed by atoms with Gasteiger partial charge in [0.15, 0.2) is 0 Å². The molecule has 3 nitrogen and oxygen atoms in total. The molecular formula is C18H18N2OS. The Bertz CT molecular complexity index is 860. The van der Waals surface area contributed by atoms with E-state index in [4.69, 9.17) is 5.73 Å². The Morgan fingerprint density at radius 2 is 1.77 bits per heavy atom. The van der Waals surface area contributed by atoms with Crippen molar-refractivity contribution in [2.45, 2.75) is 20.4 Å². The molecule has 0 radical (unpaired) electrons. The van der Waals surface area contributed by atoms with E-state index in [-0.39, 0.29) is 4.87 Å². The largest absolute Gasteiger partial charge is 0.399 e. The first-order valence-electron chi connectivity index (χ1n) is 7.15. The minimum absolute atomic E-state index is 0.0602. The first-order chi connectivity index (χ1) is 10.5. The highest BCUT2D eigenvalue weighted by atomic mass is 32.1. The normalized spacial score (nSPS) is 10.8. The third kappa shape index (κ3) is 2.83. The van der Waals surface area contributed by atoms with Gasteiger partial charge in [-0.25, -0.2) is 0 Å². The van der Waals surface area contributed by atoms with E-state index in [0.717, 1.165) is 22.5 Å². The molecule has 112 valence electrons. The summed E-state index contributed by atoms with van der Waals surface area (Å²) in [6, 6.07) is 14.0. The molecule has 1 heterocycles. The van der Waals surface area contributed by atoms with Crippen LogP contribution >= 0.6 is 11.3 Å². The lowest BCUT2D eigenvalue weighted by molar-refractivity contribution is 0.792. The van der Waals surface area contributed by atoms with E-state index >= 15 is 0 Å². The SMILES string of the molecule is Cc1ccc(-c2csc(=O)n2Cc2ccc(N)cc2)cc1C. The molecular weight excluding hydrogens is 292 g/mol. The van der Waals surface area contributed by atoms with Gasteiger partial charge in [-0.15, -0.1) is 0 Å². The average molecular weight is 310 g/mol. The summed E-state index contributed by atoms with van der Waals surface area (Å²) in [5, 5.41) is 1.93. The highest BCUT2D eigenvalue weighted by Crippen LogP contribution is 2.23.